The summed E-state index contributed by atoms with van der Waals surface area (Å²) in [6.45, 7) is 3.99. The van der Waals surface area contributed by atoms with Crippen molar-refractivity contribution in [3.63, 3.8) is 0 Å². The maximum atomic E-state index is 13.1. The molecule has 1 aliphatic heterocycles. The molecule has 2 aliphatic rings. The maximum absolute atomic E-state index is 13.1. The molecule has 1 aliphatic carbocycles. The van der Waals surface area contributed by atoms with Crippen LogP contribution in [0.1, 0.15) is 39.9 Å². The first kappa shape index (κ1) is 19.4. The van der Waals surface area contributed by atoms with Crippen LogP contribution in [0.3, 0.4) is 0 Å². The van der Waals surface area contributed by atoms with Crippen LogP contribution in [0.5, 0.6) is 0 Å². The summed E-state index contributed by atoms with van der Waals surface area (Å²) in [5, 5.41) is 5.78. The number of rotatable bonds is 4. The Bertz CT molecular complexity index is 1230. The van der Waals surface area contributed by atoms with Crippen molar-refractivity contribution in [2.24, 2.45) is 5.92 Å². The van der Waals surface area contributed by atoms with Gasteiger partial charge in [0, 0.05) is 22.2 Å². The molecular formula is C24H24N2O2S2. The van der Waals surface area contributed by atoms with Crippen LogP contribution in [0.15, 0.2) is 71.0 Å². The molecule has 2 heterocycles. The smallest absolute Gasteiger partial charge is 0.261 e. The Morgan fingerprint density at radius 1 is 1.07 bits per heavy atom. The third-order valence-electron chi connectivity index (χ3n) is 6.25. The van der Waals surface area contributed by atoms with E-state index in [1.165, 1.54) is 4.88 Å². The van der Waals surface area contributed by atoms with E-state index in [4.69, 9.17) is 0 Å². The quantitative estimate of drug-likeness (QED) is 0.494. The van der Waals surface area contributed by atoms with Gasteiger partial charge in [-0.15, -0.1) is 11.3 Å². The van der Waals surface area contributed by atoms with Crippen molar-refractivity contribution in [3.05, 3.63) is 87.6 Å². The first-order chi connectivity index (χ1) is 14.4. The summed E-state index contributed by atoms with van der Waals surface area (Å²) in [6.07, 6.45) is 5.46. The summed E-state index contributed by atoms with van der Waals surface area (Å²) in [6, 6.07) is 15.6. The summed E-state index contributed by atoms with van der Waals surface area (Å²) in [4.78, 5) is 1.63. The predicted octanol–water partition coefficient (Wildman–Crippen LogP) is 5.99. The molecule has 30 heavy (non-hydrogen) atoms. The Kier molecular flexibility index (Phi) is 4.71. The molecule has 0 saturated heterocycles. The van der Waals surface area contributed by atoms with Crippen molar-refractivity contribution in [2.75, 3.05) is 10.0 Å². The standard InChI is InChI=1S/C24H24N2O2S2/c1-15-8-9-17(13-16(15)2)26-30(27,28)18-10-11-22-21(14-18)19-5-3-6-20(19)24(25-22)23-7-4-12-29-23/h3-5,7-14,19-20,24-26H,6H2,1-2H3. The fourth-order valence-electron chi connectivity index (χ4n) is 4.51. The molecule has 1 aromatic heterocycles. The number of hydrogen-bond donors (Lipinski definition) is 2. The fourth-order valence-corrected chi connectivity index (χ4v) is 6.44. The summed E-state index contributed by atoms with van der Waals surface area (Å²) in [5.74, 6) is 0.631. The van der Waals surface area contributed by atoms with Crippen LogP contribution in [0.25, 0.3) is 0 Å². The van der Waals surface area contributed by atoms with Gasteiger partial charge in [0.15, 0.2) is 0 Å². The van der Waals surface area contributed by atoms with Crippen LogP contribution in [-0.4, -0.2) is 8.42 Å². The minimum Gasteiger partial charge on any atom is -0.377 e. The number of hydrogen-bond acceptors (Lipinski definition) is 4. The minimum atomic E-state index is -3.66. The van der Waals surface area contributed by atoms with Gasteiger partial charge in [-0.2, -0.15) is 0 Å². The van der Waals surface area contributed by atoms with E-state index in [1.54, 1.807) is 23.5 Å². The summed E-state index contributed by atoms with van der Waals surface area (Å²) >= 11 is 1.77. The molecule has 2 N–H and O–H groups in total. The van der Waals surface area contributed by atoms with E-state index in [-0.39, 0.29) is 12.0 Å². The normalized spacial score (nSPS) is 22.3. The first-order valence-electron chi connectivity index (χ1n) is 10.1. The molecule has 3 unspecified atom stereocenters. The number of thiophene rings is 1. The average molecular weight is 437 g/mol. The van der Waals surface area contributed by atoms with Crippen LogP contribution < -0.4 is 10.0 Å². The zero-order valence-electron chi connectivity index (χ0n) is 16.9. The van der Waals surface area contributed by atoms with E-state index in [1.807, 2.05) is 38.1 Å². The van der Waals surface area contributed by atoms with Crippen molar-refractivity contribution in [3.8, 4) is 0 Å². The molecule has 2 aromatic carbocycles. The van der Waals surface area contributed by atoms with Gasteiger partial charge in [-0.3, -0.25) is 4.72 Å². The van der Waals surface area contributed by atoms with Crippen LogP contribution >= 0.6 is 11.3 Å². The van der Waals surface area contributed by atoms with Crippen molar-refractivity contribution >= 4 is 32.7 Å². The second kappa shape index (κ2) is 7.29. The highest BCUT2D eigenvalue weighted by Crippen LogP contribution is 2.50. The Morgan fingerprint density at radius 2 is 1.93 bits per heavy atom. The zero-order valence-corrected chi connectivity index (χ0v) is 18.6. The Labute approximate surface area is 181 Å². The lowest BCUT2D eigenvalue weighted by atomic mass is 9.79. The SMILES string of the molecule is Cc1ccc(NS(=O)(=O)c2ccc3c(c2)C2C=CCC2C(c2cccs2)N3)cc1C. The van der Waals surface area contributed by atoms with Crippen LogP contribution in [0.2, 0.25) is 0 Å². The third kappa shape index (κ3) is 3.34. The molecule has 0 amide bonds. The van der Waals surface area contributed by atoms with Gasteiger partial charge < -0.3 is 5.32 Å². The first-order valence-corrected chi connectivity index (χ1v) is 12.5. The van der Waals surface area contributed by atoms with Gasteiger partial charge >= 0.3 is 0 Å². The van der Waals surface area contributed by atoms with Crippen LogP contribution in [0, 0.1) is 19.8 Å². The number of fused-ring (bicyclic) bond motifs is 3. The lowest BCUT2D eigenvalue weighted by Crippen LogP contribution is -2.28. The van der Waals surface area contributed by atoms with E-state index in [0.717, 1.165) is 28.8 Å². The third-order valence-corrected chi connectivity index (χ3v) is 8.59. The largest absolute Gasteiger partial charge is 0.377 e. The molecule has 0 radical (unpaired) electrons. The Morgan fingerprint density at radius 3 is 2.70 bits per heavy atom. The molecule has 4 nitrogen and oxygen atoms in total. The van der Waals surface area contributed by atoms with Crippen molar-refractivity contribution in [1.29, 1.82) is 0 Å². The highest BCUT2D eigenvalue weighted by Gasteiger charge is 2.38. The van der Waals surface area contributed by atoms with Gasteiger partial charge in [0.2, 0.25) is 0 Å². The molecule has 3 atom stereocenters. The zero-order chi connectivity index (χ0) is 20.9. The Balaban J connectivity index is 1.49. The molecule has 3 aromatic rings. The predicted molar refractivity (Wildman–Crippen MR) is 124 cm³/mol. The molecule has 0 bridgehead atoms. The number of aryl methyl sites for hydroxylation is 2. The van der Waals surface area contributed by atoms with Gasteiger partial charge in [0.25, 0.3) is 10.0 Å². The summed E-state index contributed by atoms with van der Waals surface area (Å²) in [7, 11) is -3.66. The number of anilines is 2. The molecule has 154 valence electrons. The molecule has 0 spiro atoms. The second-order valence-electron chi connectivity index (χ2n) is 8.14. The van der Waals surface area contributed by atoms with E-state index in [9.17, 15) is 8.42 Å². The average Bonchev–Trinajstić information content (AvgIpc) is 3.41. The number of benzene rings is 2. The van der Waals surface area contributed by atoms with Gasteiger partial charge in [0.1, 0.15) is 0 Å². The molecule has 5 rings (SSSR count). The monoisotopic (exact) mass is 436 g/mol. The highest BCUT2D eigenvalue weighted by atomic mass is 32.2. The van der Waals surface area contributed by atoms with Gasteiger partial charge in [0.05, 0.1) is 10.9 Å². The lowest BCUT2D eigenvalue weighted by molar-refractivity contribution is 0.429. The van der Waals surface area contributed by atoms with Gasteiger partial charge in [-0.05, 0) is 84.7 Å². The minimum absolute atomic E-state index is 0.227. The van der Waals surface area contributed by atoms with Crippen molar-refractivity contribution in [1.82, 2.24) is 0 Å². The highest BCUT2D eigenvalue weighted by molar-refractivity contribution is 7.92. The summed E-state index contributed by atoms with van der Waals surface area (Å²) < 4.78 is 28.9. The van der Waals surface area contributed by atoms with Crippen LogP contribution in [-0.2, 0) is 10.0 Å². The number of nitrogens with one attached hydrogen (secondary N) is 2. The van der Waals surface area contributed by atoms with E-state index < -0.39 is 10.0 Å². The fraction of sp³-hybridized carbons (Fsp3) is 0.250. The maximum Gasteiger partial charge on any atom is 0.261 e. The molecular weight excluding hydrogens is 412 g/mol. The number of sulfonamides is 1. The van der Waals surface area contributed by atoms with E-state index in [0.29, 0.717) is 16.5 Å². The van der Waals surface area contributed by atoms with Crippen LogP contribution in [0.4, 0.5) is 11.4 Å². The topological polar surface area (TPSA) is 58.2 Å². The molecule has 6 heteroatoms. The van der Waals surface area contributed by atoms with Gasteiger partial charge in [-0.25, -0.2) is 8.42 Å². The second-order valence-corrected chi connectivity index (χ2v) is 10.8. The van der Waals surface area contributed by atoms with E-state index in [2.05, 4.69) is 39.7 Å². The lowest BCUT2D eigenvalue weighted by Gasteiger charge is -2.37. The van der Waals surface area contributed by atoms with Crippen molar-refractivity contribution in [2.45, 2.75) is 37.1 Å². The summed E-state index contributed by atoms with van der Waals surface area (Å²) in [5.41, 5.74) is 4.86. The van der Waals surface area contributed by atoms with Crippen molar-refractivity contribution < 1.29 is 8.42 Å². The van der Waals surface area contributed by atoms with E-state index >= 15 is 0 Å². The van der Waals surface area contributed by atoms with Gasteiger partial charge in [-0.1, -0.05) is 24.3 Å². The number of allylic oxidation sites excluding steroid dienone is 2. The molecule has 0 fully saturated rings. The Hall–Kier alpha value is -2.57. The molecule has 0 saturated carbocycles.